The zero-order chi connectivity index (χ0) is 23.1. The van der Waals surface area contributed by atoms with Crippen molar-refractivity contribution in [2.24, 2.45) is 17.4 Å². The Balaban J connectivity index is 1.80. The second kappa shape index (κ2) is 11.2. The van der Waals surface area contributed by atoms with Crippen LogP contribution in [0.4, 0.5) is 0 Å². The van der Waals surface area contributed by atoms with Crippen LogP contribution in [0.1, 0.15) is 74.5 Å². The number of carboxylic acid groups (broad SMARTS) is 2. The highest BCUT2D eigenvalue weighted by atomic mass is 16.4. The third-order valence-electron chi connectivity index (χ3n) is 6.75. The van der Waals surface area contributed by atoms with E-state index in [4.69, 9.17) is 21.7 Å². The third-order valence-corrected chi connectivity index (χ3v) is 6.75. The first kappa shape index (κ1) is 24.0. The van der Waals surface area contributed by atoms with Gasteiger partial charge in [0.2, 0.25) is 0 Å². The first-order chi connectivity index (χ1) is 15.4. The van der Waals surface area contributed by atoms with E-state index in [2.05, 4.69) is 24.3 Å². The predicted octanol–water partition coefficient (Wildman–Crippen LogP) is 4.68. The van der Waals surface area contributed by atoms with Crippen molar-refractivity contribution in [1.29, 1.82) is 0 Å². The molecule has 0 aliphatic heterocycles. The number of aliphatic carboxylic acids is 2. The average molecular weight is 439 g/mol. The normalized spacial score (nSPS) is 17.4. The molecular formula is C26H34N2O4. The van der Waals surface area contributed by atoms with Crippen molar-refractivity contribution >= 4 is 11.9 Å². The maximum absolute atomic E-state index is 11.1. The zero-order valence-electron chi connectivity index (χ0n) is 18.5. The Morgan fingerprint density at radius 1 is 0.844 bits per heavy atom. The minimum Gasteiger partial charge on any atom is -0.480 e. The molecule has 6 heteroatoms. The van der Waals surface area contributed by atoms with Crippen molar-refractivity contribution in [3.63, 3.8) is 0 Å². The van der Waals surface area contributed by atoms with Gasteiger partial charge in [0.15, 0.2) is 0 Å². The summed E-state index contributed by atoms with van der Waals surface area (Å²) in [6.07, 6.45) is 8.43. The van der Waals surface area contributed by atoms with Crippen LogP contribution in [0, 0.1) is 5.92 Å². The quantitative estimate of drug-likeness (QED) is 0.426. The van der Waals surface area contributed by atoms with Crippen molar-refractivity contribution in [3.8, 4) is 11.1 Å². The molecule has 2 aromatic rings. The van der Waals surface area contributed by atoms with Gasteiger partial charge >= 0.3 is 11.9 Å². The van der Waals surface area contributed by atoms with Crippen LogP contribution in [0.5, 0.6) is 0 Å². The van der Waals surface area contributed by atoms with Gasteiger partial charge in [0.05, 0.1) is 0 Å². The predicted molar refractivity (Wildman–Crippen MR) is 125 cm³/mol. The summed E-state index contributed by atoms with van der Waals surface area (Å²) in [7, 11) is 0. The van der Waals surface area contributed by atoms with Gasteiger partial charge in [-0.2, -0.15) is 0 Å². The molecule has 0 bridgehead atoms. The van der Waals surface area contributed by atoms with Gasteiger partial charge in [-0.25, -0.2) is 0 Å². The van der Waals surface area contributed by atoms with Gasteiger partial charge in [-0.15, -0.1) is 0 Å². The molecule has 1 aliphatic rings. The molecule has 0 radical (unpaired) electrons. The second-order valence-corrected chi connectivity index (χ2v) is 8.94. The topological polar surface area (TPSA) is 127 Å². The molecule has 0 spiro atoms. The number of carbonyl (C=O) groups is 2. The van der Waals surface area contributed by atoms with Crippen LogP contribution in [0.25, 0.3) is 11.1 Å². The zero-order valence-corrected chi connectivity index (χ0v) is 18.5. The number of nitrogens with two attached hydrogens (primary N) is 2. The number of hydrogen-bond donors (Lipinski definition) is 4. The van der Waals surface area contributed by atoms with Crippen molar-refractivity contribution in [1.82, 2.24) is 0 Å². The van der Waals surface area contributed by atoms with E-state index in [1.54, 1.807) is 12.1 Å². The summed E-state index contributed by atoms with van der Waals surface area (Å²) in [6.45, 7) is 0. The second-order valence-electron chi connectivity index (χ2n) is 8.94. The lowest BCUT2D eigenvalue weighted by Crippen LogP contribution is -2.30. The molecule has 1 saturated carbocycles. The van der Waals surface area contributed by atoms with Gasteiger partial charge in [-0.3, -0.25) is 9.59 Å². The number of hydrogen-bond acceptors (Lipinski definition) is 4. The first-order valence-electron chi connectivity index (χ1n) is 11.5. The molecule has 0 aromatic heterocycles. The Hall–Kier alpha value is -2.70. The molecule has 3 unspecified atom stereocenters. The van der Waals surface area contributed by atoms with Crippen molar-refractivity contribution in [3.05, 3.63) is 59.7 Å². The molecule has 3 rings (SSSR count). The monoisotopic (exact) mass is 438 g/mol. The highest BCUT2D eigenvalue weighted by Gasteiger charge is 2.26. The van der Waals surface area contributed by atoms with E-state index in [0.717, 1.165) is 24.0 Å². The van der Waals surface area contributed by atoms with E-state index in [9.17, 15) is 9.59 Å². The molecule has 2 aromatic carbocycles. The SMILES string of the molecule is NC(CCCC(c1cccc(-c2ccc(C(N)C(=O)O)cc2)c1)C1CCCCC1)C(=O)O. The molecule has 6 N–H and O–H groups in total. The molecule has 172 valence electrons. The lowest BCUT2D eigenvalue weighted by atomic mass is 9.74. The molecule has 0 saturated heterocycles. The van der Waals surface area contributed by atoms with Gasteiger partial charge in [0.1, 0.15) is 12.1 Å². The Bertz CT molecular complexity index is 906. The van der Waals surface area contributed by atoms with Crippen molar-refractivity contribution < 1.29 is 19.8 Å². The lowest BCUT2D eigenvalue weighted by molar-refractivity contribution is -0.139. The fourth-order valence-electron chi connectivity index (χ4n) is 4.87. The van der Waals surface area contributed by atoms with Crippen LogP contribution in [0.3, 0.4) is 0 Å². The smallest absolute Gasteiger partial charge is 0.325 e. The summed E-state index contributed by atoms with van der Waals surface area (Å²) in [5.74, 6) is -0.989. The van der Waals surface area contributed by atoms with E-state index in [1.807, 2.05) is 12.1 Å². The summed E-state index contributed by atoms with van der Waals surface area (Å²) in [5, 5.41) is 18.2. The minimum atomic E-state index is -1.04. The standard InChI is InChI=1S/C26H34N2O4/c27-23(25(29)30)11-5-10-22(18-6-2-1-3-7-18)21-9-4-8-20(16-21)17-12-14-19(15-13-17)24(28)26(31)32/h4,8-9,12-16,18,22-24H,1-3,5-7,10-11,27-28H2,(H,29,30)(H,31,32). The Labute approximate surface area is 189 Å². The van der Waals surface area contributed by atoms with Crippen LogP contribution in [0.15, 0.2) is 48.5 Å². The van der Waals surface area contributed by atoms with Gasteiger partial charge in [0.25, 0.3) is 0 Å². The molecular weight excluding hydrogens is 404 g/mol. The lowest BCUT2D eigenvalue weighted by Gasteiger charge is -2.31. The van der Waals surface area contributed by atoms with Crippen LogP contribution < -0.4 is 11.5 Å². The van der Waals surface area contributed by atoms with Crippen LogP contribution in [-0.2, 0) is 9.59 Å². The molecule has 3 atom stereocenters. The molecule has 32 heavy (non-hydrogen) atoms. The van der Waals surface area contributed by atoms with Gasteiger partial charge < -0.3 is 21.7 Å². The van der Waals surface area contributed by atoms with Crippen LogP contribution in [-0.4, -0.2) is 28.2 Å². The maximum atomic E-state index is 11.1. The molecule has 1 fully saturated rings. The first-order valence-corrected chi connectivity index (χ1v) is 11.5. The van der Waals surface area contributed by atoms with E-state index in [1.165, 1.54) is 37.7 Å². The van der Waals surface area contributed by atoms with E-state index in [0.29, 0.717) is 23.8 Å². The van der Waals surface area contributed by atoms with E-state index in [-0.39, 0.29) is 0 Å². The summed E-state index contributed by atoms with van der Waals surface area (Å²) < 4.78 is 0. The summed E-state index contributed by atoms with van der Waals surface area (Å²) in [4.78, 5) is 22.2. The molecule has 1 aliphatic carbocycles. The average Bonchev–Trinajstić information content (AvgIpc) is 2.81. The fourth-order valence-corrected chi connectivity index (χ4v) is 4.87. The molecule has 6 nitrogen and oxygen atoms in total. The maximum Gasteiger partial charge on any atom is 0.325 e. The Kier molecular flexibility index (Phi) is 8.42. The largest absolute Gasteiger partial charge is 0.480 e. The number of benzene rings is 2. The Morgan fingerprint density at radius 2 is 1.53 bits per heavy atom. The van der Waals surface area contributed by atoms with Gasteiger partial charge in [0, 0.05) is 0 Å². The highest BCUT2D eigenvalue weighted by Crippen LogP contribution is 2.40. The summed E-state index contributed by atoms with van der Waals surface area (Å²) in [6, 6.07) is 14.1. The molecule has 0 heterocycles. The highest BCUT2D eigenvalue weighted by molar-refractivity contribution is 5.76. The van der Waals surface area contributed by atoms with Crippen molar-refractivity contribution in [2.45, 2.75) is 69.4 Å². The molecule has 0 amide bonds. The summed E-state index contributed by atoms with van der Waals surface area (Å²) in [5.41, 5.74) is 15.4. The van der Waals surface area contributed by atoms with Gasteiger partial charge in [-0.05, 0) is 59.8 Å². The third kappa shape index (κ3) is 6.17. The Morgan fingerprint density at radius 3 is 2.16 bits per heavy atom. The number of carboxylic acids is 2. The summed E-state index contributed by atoms with van der Waals surface area (Å²) >= 11 is 0. The van der Waals surface area contributed by atoms with Crippen LogP contribution >= 0.6 is 0 Å². The van der Waals surface area contributed by atoms with Gasteiger partial charge in [-0.1, -0.05) is 74.2 Å². The number of rotatable bonds is 10. The van der Waals surface area contributed by atoms with E-state index >= 15 is 0 Å². The minimum absolute atomic E-state index is 0.385. The van der Waals surface area contributed by atoms with E-state index < -0.39 is 24.0 Å². The van der Waals surface area contributed by atoms with Crippen molar-refractivity contribution in [2.75, 3.05) is 0 Å². The fraction of sp³-hybridized carbons (Fsp3) is 0.462. The van der Waals surface area contributed by atoms with Crippen LogP contribution in [0.2, 0.25) is 0 Å².